The van der Waals surface area contributed by atoms with Crippen LogP contribution in [-0.2, 0) is 14.3 Å². The molecule has 0 unspecified atom stereocenters. The lowest BCUT2D eigenvalue weighted by Crippen LogP contribution is -2.10. The Kier molecular flexibility index (Phi) is 9.23. The van der Waals surface area contributed by atoms with Gasteiger partial charge >= 0.3 is 0 Å². The Bertz CT molecular complexity index is 338. The van der Waals surface area contributed by atoms with Gasteiger partial charge in [-0.1, -0.05) is 6.08 Å². The molecule has 0 aromatic rings. The van der Waals surface area contributed by atoms with Gasteiger partial charge in [-0.15, -0.1) is 0 Å². The van der Waals surface area contributed by atoms with Crippen LogP contribution in [0.5, 0.6) is 0 Å². The first-order valence-corrected chi connectivity index (χ1v) is 6.97. The maximum absolute atomic E-state index is 12.2. The quantitative estimate of drug-likeness (QED) is 0.360. The Morgan fingerprint density at radius 2 is 1.84 bits per heavy atom. The SMILES string of the molecule is C/C=C(\C)C(=O)/C(C)=C(\CCCCOC)OC(C)C. The lowest BCUT2D eigenvalue weighted by Gasteiger charge is -2.17. The highest BCUT2D eigenvalue weighted by molar-refractivity contribution is 6.07. The van der Waals surface area contributed by atoms with Crippen molar-refractivity contribution in [3.05, 3.63) is 23.0 Å². The summed E-state index contributed by atoms with van der Waals surface area (Å²) < 4.78 is 10.8. The fourth-order valence-electron chi connectivity index (χ4n) is 1.70. The molecule has 3 heteroatoms. The number of ether oxygens (including phenoxy) is 2. The van der Waals surface area contributed by atoms with Gasteiger partial charge in [0, 0.05) is 25.7 Å². The third kappa shape index (κ3) is 7.16. The van der Waals surface area contributed by atoms with Crippen molar-refractivity contribution in [2.24, 2.45) is 0 Å². The second-order valence-electron chi connectivity index (χ2n) is 4.97. The minimum Gasteiger partial charge on any atom is -0.495 e. The second kappa shape index (κ2) is 9.79. The highest BCUT2D eigenvalue weighted by Gasteiger charge is 2.14. The second-order valence-corrected chi connectivity index (χ2v) is 4.97. The molecule has 0 aliphatic heterocycles. The zero-order chi connectivity index (χ0) is 14.8. The van der Waals surface area contributed by atoms with E-state index in [9.17, 15) is 4.79 Å². The van der Waals surface area contributed by atoms with Gasteiger partial charge in [-0.3, -0.25) is 4.79 Å². The molecule has 0 aromatic carbocycles. The van der Waals surface area contributed by atoms with Crippen LogP contribution in [-0.4, -0.2) is 25.6 Å². The summed E-state index contributed by atoms with van der Waals surface area (Å²) in [7, 11) is 1.70. The molecule has 0 saturated carbocycles. The van der Waals surface area contributed by atoms with Crippen molar-refractivity contribution >= 4 is 5.78 Å². The minimum absolute atomic E-state index is 0.0740. The third-order valence-corrected chi connectivity index (χ3v) is 2.93. The van der Waals surface area contributed by atoms with Crippen LogP contribution in [0.3, 0.4) is 0 Å². The summed E-state index contributed by atoms with van der Waals surface area (Å²) in [4.78, 5) is 12.2. The van der Waals surface area contributed by atoms with Crippen LogP contribution in [0, 0.1) is 0 Å². The highest BCUT2D eigenvalue weighted by atomic mass is 16.5. The van der Waals surface area contributed by atoms with Crippen LogP contribution in [0.25, 0.3) is 0 Å². The van der Waals surface area contributed by atoms with Crippen molar-refractivity contribution in [3.63, 3.8) is 0 Å². The fraction of sp³-hybridized carbons (Fsp3) is 0.688. The normalized spacial score (nSPS) is 13.5. The number of carbonyl (C=O) groups excluding carboxylic acids is 1. The number of Topliss-reactive ketones (excluding diaryl/α,β-unsaturated/α-hetero) is 1. The van der Waals surface area contributed by atoms with Gasteiger partial charge in [-0.05, 0) is 53.0 Å². The third-order valence-electron chi connectivity index (χ3n) is 2.93. The molecule has 0 atom stereocenters. The fourth-order valence-corrected chi connectivity index (χ4v) is 1.70. The van der Waals surface area contributed by atoms with E-state index < -0.39 is 0 Å². The van der Waals surface area contributed by atoms with Crippen LogP contribution in [0.1, 0.15) is 53.9 Å². The topological polar surface area (TPSA) is 35.5 Å². The van der Waals surface area contributed by atoms with E-state index in [1.165, 1.54) is 0 Å². The van der Waals surface area contributed by atoms with E-state index in [0.29, 0.717) is 0 Å². The molecule has 0 rings (SSSR count). The van der Waals surface area contributed by atoms with E-state index in [2.05, 4.69) is 0 Å². The summed E-state index contributed by atoms with van der Waals surface area (Å²) in [6.07, 6.45) is 4.66. The van der Waals surface area contributed by atoms with E-state index in [4.69, 9.17) is 9.47 Å². The molecule has 0 radical (unpaired) electrons. The molecule has 0 heterocycles. The molecule has 19 heavy (non-hydrogen) atoms. The number of allylic oxidation sites excluding steroid dienone is 4. The number of rotatable bonds is 9. The standard InChI is InChI=1S/C16H28O3/c1-7-13(4)16(17)14(5)15(19-12(2)3)10-8-9-11-18-6/h7,12H,8-11H2,1-6H3/b13-7+,15-14+. The molecular formula is C16H28O3. The largest absolute Gasteiger partial charge is 0.495 e. The van der Waals surface area contributed by atoms with Gasteiger partial charge < -0.3 is 9.47 Å². The molecule has 0 aromatic heterocycles. The van der Waals surface area contributed by atoms with Crippen molar-refractivity contribution in [1.82, 2.24) is 0 Å². The van der Waals surface area contributed by atoms with Crippen molar-refractivity contribution in [2.75, 3.05) is 13.7 Å². The number of ketones is 1. The maximum Gasteiger partial charge on any atom is 0.187 e. The van der Waals surface area contributed by atoms with Crippen LogP contribution in [0.15, 0.2) is 23.0 Å². The summed E-state index contributed by atoms with van der Waals surface area (Å²) in [6.45, 7) is 10.3. The Morgan fingerprint density at radius 1 is 1.21 bits per heavy atom. The molecule has 0 spiro atoms. The van der Waals surface area contributed by atoms with Crippen molar-refractivity contribution in [2.45, 2.75) is 60.0 Å². The first kappa shape index (κ1) is 17.9. The average molecular weight is 268 g/mol. The first-order valence-electron chi connectivity index (χ1n) is 6.97. The smallest absolute Gasteiger partial charge is 0.187 e. The Balaban J connectivity index is 4.83. The van der Waals surface area contributed by atoms with E-state index in [1.807, 2.05) is 40.7 Å². The zero-order valence-electron chi connectivity index (χ0n) is 13.2. The molecule has 0 amide bonds. The van der Waals surface area contributed by atoms with Crippen molar-refractivity contribution < 1.29 is 14.3 Å². The van der Waals surface area contributed by atoms with Gasteiger partial charge in [0.15, 0.2) is 5.78 Å². The van der Waals surface area contributed by atoms with E-state index in [1.54, 1.807) is 7.11 Å². The lowest BCUT2D eigenvalue weighted by atomic mass is 10.0. The van der Waals surface area contributed by atoms with Gasteiger partial charge in [-0.25, -0.2) is 0 Å². The molecule has 0 N–H and O–H groups in total. The van der Waals surface area contributed by atoms with Gasteiger partial charge in [0.1, 0.15) is 5.76 Å². The molecular weight excluding hydrogens is 240 g/mol. The predicted molar refractivity (Wildman–Crippen MR) is 79.1 cm³/mol. The average Bonchev–Trinajstić information content (AvgIpc) is 2.39. The maximum atomic E-state index is 12.2. The molecule has 0 saturated heterocycles. The summed E-state index contributed by atoms with van der Waals surface area (Å²) in [5, 5.41) is 0. The number of hydrogen-bond acceptors (Lipinski definition) is 3. The highest BCUT2D eigenvalue weighted by Crippen LogP contribution is 2.19. The molecule has 110 valence electrons. The summed E-state index contributed by atoms with van der Waals surface area (Å²) >= 11 is 0. The molecule has 0 aliphatic rings. The predicted octanol–water partition coefficient (Wildman–Crippen LogP) is 4.04. The summed E-state index contributed by atoms with van der Waals surface area (Å²) in [5.74, 6) is 0.891. The van der Waals surface area contributed by atoms with E-state index in [-0.39, 0.29) is 11.9 Å². The van der Waals surface area contributed by atoms with E-state index in [0.717, 1.165) is 42.8 Å². The monoisotopic (exact) mass is 268 g/mol. The van der Waals surface area contributed by atoms with Crippen LogP contribution in [0.4, 0.5) is 0 Å². The number of unbranched alkanes of at least 4 members (excludes halogenated alkanes) is 1. The number of hydrogen-bond donors (Lipinski definition) is 0. The zero-order valence-corrected chi connectivity index (χ0v) is 13.2. The van der Waals surface area contributed by atoms with Crippen LogP contribution < -0.4 is 0 Å². The minimum atomic E-state index is 0.0740. The van der Waals surface area contributed by atoms with Crippen LogP contribution in [0.2, 0.25) is 0 Å². The van der Waals surface area contributed by atoms with Gasteiger partial charge in [0.05, 0.1) is 6.10 Å². The molecule has 3 nitrogen and oxygen atoms in total. The van der Waals surface area contributed by atoms with E-state index >= 15 is 0 Å². The molecule has 0 aliphatic carbocycles. The van der Waals surface area contributed by atoms with Gasteiger partial charge in [0.25, 0.3) is 0 Å². The van der Waals surface area contributed by atoms with Gasteiger partial charge in [0.2, 0.25) is 0 Å². The summed E-state index contributed by atoms with van der Waals surface area (Å²) in [6, 6.07) is 0. The molecule has 0 fully saturated rings. The lowest BCUT2D eigenvalue weighted by molar-refractivity contribution is -0.112. The Labute approximate surface area is 117 Å². The Hall–Kier alpha value is -1.09. The van der Waals surface area contributed by atoms with Crippen LogP contribution >= 0.6 is 0 Å². The first-order chi connectivity index (χ1) is 8.93. The number of carbonyl (C=O) groups is 1. The van der Waals surface area contributed by atoms with Gasteiger partial charge in [-0.2, -0.15) is 0 Å². The molecule has 0 bridgehead atoms. The number of methoxy groups -OCH3 is 1. The Morgan fingerprint density at radius 3 is 2.32 bits per heavy atom. The summed E-state index contributed by atoms with van der Waals surface area (Å²) in [5.41, 5.74) is 1.49. The van der Waals surface area contributed by atoms with Crippen molar-refractivity contribution in [1.29, 1.82) is 0 Å². The van der Waals surface area contributed by atoms with Crippen molar-refractivity contribution in [3.8, 4) is 0 Å².